The van der Waals surface area contributed by atoms with Crippen LogP contribution in [0.4, 0.5) is 5.69 Å². The highest BCUT2D eigenvalue weighted by Crippen LogP contribution is 2.30. The molecule has 0 aliphatic heterocycles. The van der Waals surface area contributed by atoms with Crippen LogP contribution in [0.5, 0.6) is 11.5 Å². The van der Waals surface area contributed by atoms with Crippen molar-refractivity contribution in [2.75, 3.05) is 18.5 Å². The summed E-state index contributed by atoms with van der Waals surface area (Å²) in [5, 5.41) is 5.11. The van der Waals surface area contributed by atoms with E-state index in [2.05, 4.69) is 12.2 Å². The summed E-state index contributed by atoms with van der Waals surface area (Å²) >= 11 is 0. The third kappa shape index (κ3) is 4.59. The lowest BCUT2D eigenvalue weighted by Crippen LogP contribution is -2.12. The lowest BCUT2D eigenvalue weighted by molar-refractivity contribution is 0.102. The Kier molecular flexibility index (Phi) is 6.31. The number of carbonyl (C=O) groups excluding carboxylic acids is 1. The number of nitrogens with one attached hydrogen (secondary N) is 1. The van der Waals surface area contributed by atoms with Crippen LogP contribution in [0.3, 0.4) is 0 Å². The summed E-state index contributed by atoms with van der Waals surface area (Å²) in [6.45, 7) is 5.18. The fourth-order valence-electron chi connectivity index (χ4n) is 2.89. The van der Waals surface area contributed by atoms with E-state index in [0.717, 1.165) is 29.3 Å². The van der Waals surface area contributed by atoms with Gasteiger partial charge in [-0.2, -0.15) is 0 Å². The molecule has 140 valence electrons. The molecule has 4 nitrogen and oxygen atoms in total. The van der Waals surface area contributed by atoms with Gasteiger partial charge < -0.3 is 14.8 Å². The molecule has 0 bridgehead atoms. The monoisotopic (exact) mass is 363 g/mol. The molecule has 3 aromatic rings. The molecule has 0 aliphatic rings. The summed E-state index contributed by atoms with van der Waals surface area (Å²) in [5.41, 5.74) is 1.33. The number of benzene rings is 3. The number of unbranched alkanes of at least 4 members (excludes halogenated alkanes) is 1. The molecule has 0 aliphatic carbocycles. The van der Waals surface area contributed by atoms with Crippen molar-refractivity contribution in [2.45, 2.75) is 26.7 Å². The van der Waals surface area contributed by atoms with Crippen LogP contribution in [0.15, 0.2) is 60.7 Å². The van der Waals surface area contributed by atoms with Crippen LogP contribution in [0.1, 0.15) is 37.0 Å². The minimum absolute atomic E-state index is 0.174. The van der Waals surface area contributed by atoms with E-state index in [4.69, 9.17) is 9.47 Å². The molecule has 3 rings (SSSR count). The number of carbonyl (C=O) groups is 1. The zero-order chi connectivity index (χ0) is 19.1. The number of ether oxygens (including phenoxy) is 2. The predicted octanol–water partition coefficient (Wildman–Crippen LogP) is 5.67. The number of hydrogen-bond donors (Lipinski definition) is 1. The van der Waals surface area contributed by atoms with Crippen LogP contribution in [-0.4, -0.2) is 19.1 Å². The smallest absolute Gasteiger partial charge is 0.255 e. The number of amides is 1. The van der Waals surface area contributed by atoms with Crippen LogP contribution < -0.4 is 14.8 Å². The lowest BCUT2D eigenvalue weighted by atomic mass is 10.1. The van der Waals surface area contributed by atoms with Gasteiger partial charge in [0.15, 0.2) is 11.5 Å². The Balaban J connectivity index is 1.82. The average molecular weight is 363 g/mol. The molecule has 0 aromatic heterocycles. The standard InChI is InChI=1S/C23H25NO3/c1-3-5-15-27-21-14-13-18(16-22(21)26-4-2)23(25)24-20-12-8-10-17-9-6-7-11-19(17)20/h6-14,16H,3-5,15H2,1-2H3,(H,24,25). The Morgan fingerprint density at radius 2 is 1.74 bits per heavy atom. The topological polar surface area (TPSA) is 47.6 Å². The van der Waals surface area contributed by atoms with Crippen molar-refractivity contribution >= 4 is 22.4 Å². The van der Waals surface area contributed by atoms with Gasteiger partial charge in [-0.1, -0.05) is 49.7 Å². The quantitative estimate of drug-likeness (QED) is 0.525. The highest BCUT2D eigenvalue weighted by Gasteiger charge is 2.13. The Labute approximate surface area is 160 Å². The van der Waals surface area contributed by atoms with Crippen molar-refractivity contribution < 1.29 is 14.3 Å². The third-order valence-electron chi connectivity index (χ3n) is 4.30. The Hall–Kier alpha value is -3.01. The maximum atomic E-state index is 12.8. The van der Waals surface area contributed by atoms with Crippen molar-refractivity contribution in [1.29, 1.82) is 0 Å². The van der Waals surface area contributed by atoms with E-state index in [1.165, 1.54) is 0 Å². The van der Waals surface area contributed by atoms with Gasteiger partial charge in [-0.05, 0) is 43.0 Å². The molecule has 0 unspecified atom stereocenters. The second-order valence-corrected chi connectivity index (χ2v) is 6.28. The zero-order valence-corrected chi connectivity index (χ0v) is 15.8. The first-order chi connectivity index (χ1) is 13.2. The molecular formula is C23H25NO3. The molecule has 0 fully saturated rings. The summed E-state index contributed by atoms with van der Waals surface area (Å²) in [6, 6.07) is 19.2. The van der Waals surface area contributed by atoms with E-state index in [1.807, 2.05) is 49.4 Å². The van der Waals surface area contributed by atoms with E-state index in [1.54, 1.807) is 18.2 Å². The summed E-state index contributed by atoms with van der Waals surface area (Å²) in [7, 11) is 0. The average Bonchev–Trinajstić information content (AvgIpc) is 2.69. The Morgan fingerprint density at radius 1 is 0.926 bits per heavy atom. The second kappa shape index (κ2) is 9.08. The van der Waals surface area contributed by atoms with E-state index in [-0.39, 0.29) is 5.91 Å². The van der Waals surface area contributed by atoms with Crippen molar-refractivity contribution in [3.05, 3.63) is 66.2 Å². The van der Waals surface area contributed by atoms with Gasteiger partial charge in [0.2, 0.25) is 0 Å². The molecule has 27 heavy (non-hydrogen) atoms. The number of rotatable bonds is 8. The lowest BCUT2D eigenvalue weighted by Gasteiger charge is -2.14. The number of fused-ring (bicyclic) bond motifs is 1. The van der Waals surface area contributed by atoms with E-state index in [9.17, 15) is 4.79 Å². The van der Waals surface area contributed by atoms with E-state index in [0.29, 0.717) is 30.3 Å². The van der Waals surface area contributed by atoms with Gasteiger partial charge in [0, 0.05) is 16.6 Å². The van der Waals surface area contributed by atoms with Gasteiger partial charge in [-0.3, -0.25) is 4.79 Å². The van der Waals surface area contributed by atoms with Crippen LogP contribution in [0.25, 0.3) is 10.8 Å². The Morgan fingerprint density at radius 3 is 2.56 bits per heavy atom. The van der Waals surface area contributed by atoms with Gasteiger partial charge in [0.25, 0.3) is 5.91 Å². The largest absolute Gasteiger partial charge is 0.490 e. The maximum absolute atomic E-state index is 12.8. The number of anilines is 1. The second-order valence-electron chi connectivity index (χ2n) is 6.28. The molecule has 0 spiro atoms. The highest BCUT2D eigenvalue weighted by molar-refractivity contribution is 6.09. The fourth-order valence-corrected chi connectivity index (χ4v) is 2.89. The summed E-state index contributed by atoms with van der Waals surface area (Å²) in [4.78, 5) is 12.8. The van der Waals surface area contributed by atoms with Crippen molar-refractivity contribution in [2.24, 2.45) is 0 Å². The van der Waals surface area contributed by atoms with E-state index < -0.39 is 0 Å². The minimum Gasteiger partial charge on any atom is -0.490 e. The van der Waals surface area contributed by atoms with Gasteiger partial charge in [-0.25, -0.2) is 0 Å². The van der Waals surface area contributed by atoms with Crippen LogP contribution in [0.2, 0.25) is 0 Å². The SMILES string of the molecule is CCCCOc1ccc(C(=O)Nc2cccc3ccccc23)cc1OCC. The first kappa shape index (κ1) is 18.8. The van der Waals surface area contributed by atoms with Gasteiger partial charge in [0.1, 0.15) is 0 Å². The molecule has 4 heteroatoms. The molecule has 0 atom stereocenters. The fraction of sp³-hybridized carbons (Fsp3) is 0.261. The Bertz CT molecular complexity index is 915. The van der Waals surface area contributed by atoms with Gasteiger partial charge in [0.05, 0.1) is 13.2 Å². The molecule has 3 aromatic carbocycles. The third-order valence-corrected chi connectivity index (χ3v) is 4.30. The molecular weight excluding hydrogens is 338 g/mol. The highest BCUT2D eigenvalue weighted by atomic mass is 16.5. The minimum atomic E-state index is -0.174. The van der Waals surface area contributed by atoms with Crippen LogP contribution >= 0.6 is 0 Å². The predicted molar refractivity (Wildman–Crippen MR) is 110 cm³/mol. The summed E-state index contributed by atoms with van der Waals surface area (Å²) in [6.07, 6.45) is 2.05. The van der Waals surface area contributed by atoms with Crippen LogP contribution in [-0.2, 0) is 0 Å². The van der Waals surface area contributed by atoms with Gasteiger partial charge >= 0.3 is 0 Å². The number of hydrogen-bond acceptors (Lipinski definition) is 3. The molecule has 0 saturated carbocycles. The first-order valence-corrected chi connectivity index (χ1v) is 9.41. The first-order valence-electron chi connectivity index (χ1n) is 9.41. The summed E-state index contributed by atoms with van der Waals surface area (Å²) in [5.74, 6) is 1.10. The molecule has 1 amide bonds. The zero-order valence-electron chi connectivity index (χ0n) is 15.8. The van der Waals surface area contributed by atoms with E-state index >= 15 is 0 Å². The molecule has 0 radical (unpaired) electrons. The van der Waals surface area contributed by atoms with Gasteiger partial charge in [-0.15, -0.1) is 0 Å². The molecule has 0 heterocycles. The van der Waals surface area contributed by atoms with Crippen molar-refractivity contribution in [3.8, 4) is 11.5 Å². The maximum Gasteiger partial charge on any atom is 0.255 e. The molecule has 0 saturated heterocycles. The molecule has 1 N–H and O–H groups in total. The normalized spacial score (nSPS) is 10.6. The van der Waals surface area contributed by atoms with Crippen LogP contribution in [0, 0.1) is 0 Å². The van der Waals surface area contributed by atoms with Crippen molar-refractivity contribution in [1.82, 2.24) is 0 Å². The summed E-state index contributed by atoms with van der Waals surface area (Å²) < 4.78 is 11.5. The van der Waals surface area contributed by atoms with Crippen molar-refractivity contribution in [3.63, 3.8) is 0 Å².